The summed E-state index contributed by atoms with van der Waals surface area (Å²) in [5.74, 6) is 3.66. The first-order valence-corrected chi connectivity index (χ1v) is 8.02. The van der Waals surface area contributed by atoms with Gasteiger partial charge in [-0.2, -0.15) is 0 Å². The Morgan fingerprint density at radius 2 is 1.80 bits per heavy atom. The highest BCUT2D eigenvalue weighted by molar-refractivity contribution is 5.58. The summed E-state index contributed by atoms with van der Waals surface area (Å²) in [7, 11) is 0. The smallest absolute Gasteiger partial charge is 0.136 e. The van der Waals surface area contributed by atoms with Crippen LogP contribution in [-0.2, 0) is 0 Å². The summed E-state index contributed by atoms with van der Waals surface area (Å²) in [6, 6.07) is 0. The molecule has 2 fully saturated rings. The third kappa shape index (κ3) is 2.74. The van der Waals surface area contributed by atoms with E-state index in [0.717, 1.165) is 29.6 Å². The summed E-state index contributed by atoms with van der Waals surface area (Å²) < 4.78 is 0. The van der Waals surface area contributed by atoms with Gasteiger partial charge in [0.1, 0.15) is 17.5 Å². The van der Waals surface area contributed by atoms with Gasteiger partial charge < -0.3 is 10.6 Å². The predicted molar refractivity (Wildman–Crippen MR) is 83.4 cm³/mol. The Morgan fingerprint density at radius 3 is 2.40 bits per heavy atom. The number of anilines is 2. The fourth-order valence-corrected chi connectivity index (χ4v) is 3.09. The Labute approximate surface area is 121 Å². The van der Waals surface area contributed by atoms with Gasteiger partial charge in [0.05, 0.1) is 0 Å². The number of rotatable bonds is 5. The topological polar surface area (TPSA) is 49.8 Å². The molecule has 110 valence electrons. The highest BCUT2D eigenvalue weighted by atomic mass is 15.1. The molecule has 0 unspecified atom stereocenters. The molecular formula is C16H26N4. The maximum absolute atomic E-state index is 4.82. The minimum atomic E-state index is 0.212. The highest BCUT2D eigenvalue weighted by Gasteiger charge is 2.32. The molecule has 0 radical (unpaired) electrons. The summed E-state index contributed by atoms with van der Waals surface area (Å²) >= 11 is 0. The van der Waals surface area contributed by atoms with Crippen molar-refractivity contribution < 1.29 is 0 Å². The van der Waals surface area contributed by atoms with Gasteiger partial charge in [-0.1, -0.05) is 12.8 Å². The van der Waals surface area contributed by atoms with Gasteiger partial charge in [0.15, 0.2) is 0 Å². The lowest BCUT2D eigenvalue weighted by atomic mass is 10.0. The second kappa shape index (κ2) is 5.23. The third-order valence-electron chi connectivity index (χ3n) is 4.58. The van der Waals surface area contributed by atoms with Crippen LogP contribution < -0.4 is 10.6 Å². The Balaban J connectivity index is 1.91. The summed E-state index contributed by atoms with van der Waals surface area (Å²) in [4.78, 5) is 9.54. The van der Waals surface area contributed by atoms with E-state index in [9.17, 15) is 0 Å². The summed E-state index contributed by atoms with van der Waals surface area (Å²) in [5, 5.41) is 7.10. The van der Waals surface area contributed by atoms with Crippen molar-refractivity contribution in [3.8, 4) is 0 Å². The molecule has 1 heterocycles. The van der Waals surface area contributed by atoms with E-state index in [1.165, 1.54) is 38.5 Å². The van der Waals surface area contributed by atoms with Crippen molar-refractivity contribution in [2.24, 2.45) is 0 Å². The molecule has 4 nitrogen and oxygen atoms in total. The zero-order valence-corrected chi connectivity index (χ0v) is 12.9. The molecule has 20 heavy (non-hydrogen) atoms. The average molecular weight is 274 g/mol. The van der Waals surface area contributed by atoms with Crippen LogP contribution in [0, 0.1) is 6.92 Å². The molecule has 4 heteroatoms. The quantitative estimate of drug-likeness (QED) is 0.856. The van der Waals surface area contributed by atoms with Gasteiger partial charge in [0.25, 0.3) is 0 Å². The molecule has 0 aliphatic heterocycles. The first kappa shape index (κ1) is 13.7. The van der Waals surface area contributed by atoms with Crippen molar-refractivity contribution in [2.45, 2.75) is 70.8 Å². The van der Waals surface area contributed by atoms with E-state index in [0.29, 0.717) is 5.92 Å². The second-order valence-electron chi connectivity index (χ2n) is 6.60. The van der Waals surface area contributed by atoms with Crippen LogP contribution in [0.4, 0.5) is 11.6 Å². The lowest BCUT2D eigenvalue weighted by Gasteiger charge is -2.27. The minimum absolute atomic E-state index is 0.212. The fraction of sp³-hybridized carbons (Fsp3) is 0.750. The number of aromatic nitrogens is 2. The molecule has 0 bridgehead atoms. The van der Waals surface area contributed by atoms with Gasteiger partial charge >= 0.3 is 0 Å². The van der Waals surface area contributed by atoms with Crippen molar-refractivity contribution in [2.75, 3.05) is 17.2 Å². The molecule has 0 saturated heterocycles. The predicted octanol–water partition coefficient (Wildman–Crippen LogP) is 3.84. The average Bonchev–Trinajstić information content (AvgIpc) is 3.18. The number of hydrogen-bond acceptors (Lipinski definition) is 4. The minimum Gasteiger partial charge on any atom is -0.370 e. The molecule has 2 N–H and O–H groups in total. The Bertz CT molecular complexity index is 487. The van der Waals surface area contributed by atoms with Gasteiger partial charge in [-0.05, 0) is 46.5 Å². The zero-order chi connectivity index (χ0) is 14.2. The standard InChI is InChI=1S/C16H26N4/c1-4-17-13-11(2)14(19-15(18-13)12-7-8-12)20-16(3)9-5-6-10-16/h12H,4-10H2,1-3H3,(H2,17,18,19,20). The van der Waals surface area contributed by atoms with Gasteiger partial charge in [0.2, 0.25) is 0 Å². The maximum atomic E-state index is 4.82. The molecule has 2 aliphatic rings. The molecule has 0 amide bonds. The van der Waals surface area contributed by atoms with Crippen LogP contribution in [-0.4, -0.2) is 22.1 Å². The lowest BCUT2D eigenvalue weighted by Crippen LogP contribution is -2.32. The highest BCUT2D eigenvalue weighted by Crippen LogP contribution is 2.40. The normalized spacial score (nSPS) is 20.9. The van der Waals surface area contributed by atoms with E-state index >= 15 is 0 Å². The third-order valence-corrected chi connectivity index (χ3v) is 4.58. The molecule has 1 aromatic heterocycles. The molecule has 2 saturated carbocycles. The van der Waals surface area contributed by atoms with E-state index in [2.05, 4.69) is 31.4 Å². The van der Waals surface area contributed by atoms with Crippen molar-refractivity contribution >= 4 is 11.6 Å². The molecular weight excluding hydrogens is 248 g/mol. The monoisotopic (exact) mass is 274 g/mol. The molecule has 3 rings (SSSR count). The molecule has 2 aliphatic carbocycles. The van der Waals surface area contributed by atoms with E-state index < -0.39 is 0 Å². The Hall–Kier alpha value is -1.32. The summed E-state index contributed by atoms with van der Waals surface area (Å²) in [6.07, 6.45) is 7.61. The Kier molecular flexibility index (Phi) is 3.57. The van der Waals surface area contributed by atoms with Crippen LogP contribution in [0.1, 0.15) is 69.7 Å². The summed E-state index contributed by atoms with van der Waals surface area (Å²) in [6.45, 7) is 7.46. The SMILES string of the molecule is CCNc1nc(C2CC2)nc(NC2(C)CCCC2)c1C. The van der Waals surface area contributed by atoms with E-state index in [-0.39, 0.29) is 5.54 Å². The number of nitrogens with zero attached hydrogens (tertiary/aromatic N) is 2. The van der Waals surface area contributed by atoms with Gasteiger partial charge in [0, 0.05) is 23.6 Å². The number of hydrogen-bond donors (Lipinski definition) is 2. The molecule has 0 spiro atoms. The number of nitrogens with one attached hydrogen (secondary N) is 2. The first-order valence-electron chi connectivity index (χ1n) is 8.02. The van der Waals surface area contributed by atoms with Crippen LogP contribution in [0.5, 0.6) is 0 Å². The van der Waals surface area contributed by atoms with Crippen LogP contribution in [0.15, 0.2) is 0 Å². The van der Waals surface area contributed by atoms with Gasteiger partial charge in [-0.3, -0.25) is 0 Å². The van der Waals surface area contributed by atoms with E-state index in [4.69, 9.17) is 9.97 Å². The van der Waals surface area contributed by atoms with Gasteiger partial charge in [-0.25, -0.2) is 9.97 Å². The second-order valence-corrected chi connectivity index (χ2v) is 6.60. The fourth-order valence-electron chi connectivity index (χ4n) is 3.09. The molecule has 0 atom stereocenters. The van der Waals surface area contributed by atoms with Crippen molar-refractivity contribution in [1.82, 2.24) is 9.97 Å². The van der Waals surface area contributed by atoms with E-state index in [1.807, 2.05) is 0 Å². The van der Waals surface area contributed by atoms with Crippen LogP contribution in [0.2, 0.25) is 0 Å². The van der Waals surface area contributed by atoms with Crippen LogP contribution >= 0.6 is 0 Å². The van der Waals surface area contributed by atoms with Gasteiger partial charge in [-0.15, -0.1) is 0 Å². The molecule has 1 aromatic rings. The maximum Gasteiger partial charge on any atom is 0.136 e. The van der Waals surface area contributed by atoms with Crippen molar-refractivity contribution in [3.63, 3.8) is 0 Å². The van der Waals surface area contributed by atoms with Crippen LogP contribution in [0.3, 0.4) is 0 Å². The molecule has 0 aromatic carbocycles. The Morgan fingerprint density at radius 1 is 1.15 bits per heavy atom. The zero-order valence-electron chi connectivity index (χ0n) is 12.9. The van der Waals surface area contributed by atoms with E-state index in [1.54, 1.807) is 0 Å². The largest absolute Gasteiger partial charge is 0.370 e. The van der Waals surface area contributed by atoms with Crippen LogP contribution in [0.25, 0.3) is 0 Å². The first-order chi connectivity index (χ1) is 9.61. The van der Waals surface area contributed by atoms with Crippen molar-refractivity contribution in [1.29, 1.82) is 0 Å². The lowest BCUT2D eigenvalue weighted by molar-refractivity contribution is 0.530. The summed E-state index contributed by atoms with van der Waals surface area (Å²) in [5.41, 5.74) is 1.37. The van der Waals surface area contributed by atoms with Crippen molar-refractivity contribution in [3.05, 3.63) is 11.4 Å².